The maximum Gasteiger partial charge on any atom is 0.302 e. The van der Waals surface area contributed by atoms with E-state index in [1.165, 1.54) is 32.9 Å². The Hall–Kier alpha value is -0.570. The second-order valence-electron chi connectivity index (χ2n) is 4.51. The lowest BCUT2D eigenvalue weighted by Gasteiger charge is -2.54. The first-order chi connectivity index (χ1) is 6.20. The molecule has 13 heavy (non-hydrogen) atoms. The minimum atomic E-state index is -0.153. The van der Waals surface area contributed by atoms with Crippen LogP contribution in [0.5, 0.6) is 0 Å². The van der Waals surface area contributed by atoms with E-state index in [9.17, 15) is 4.79 Å². The topological polar surface area (TPSA) is 38.3 Å². The molecule has 1 heterocycles. The highest BCUT2D eigenvalue weighted by molar-refractivity contribution is 5.65. The molecule has 0 atom stereocenters. The predicted molar refractivity (Wildman–Crippen MR) is 49.3 cm³/mol. The molecule has 2 fully saturated rings. The van der Waals surface area contributed by atoms with Crippen LogP contribution in [-0.4, -0.2) is 25.7 Å². The van der Waals surface area contributed by atoms with E-state index < -0.39 is 0 Å². The number of carbonyl (C=O) groups is 1. The quantitative estimate of drug-likeness (QED) is 0.662. The molecule has 0 aromatic heterocycles. The summed E-state index contributed by atoms with van der Waals surface area (Å²) in [5.41, 5.74) is 0.654. The lowest BCUT2D eigenvalue weighted by atomic mass is 9.58. The predicted octanol–water partition coefficient (Wildman–Crippen LogP) is 0.939. The van der Waals surface area contributed by atoms with E-state index in [0.29, 0.717) is 12.0 Å². The monoisotopic (exact) mass is 183 g/mol. The molecule has 1 saturated heterocycles. The van der Waals surface area contributed by atoms with Crippen LogP contribution in [0.1, 0.15) is 26.2 Å². The molecule has 1 aliphatic carbocycles. The van der Waals surface area contributed by atoms with E-state index in [-0.39, 0.29) is 5.97 Å². The number of ether oxygens (including phenoxy) is 1. The summed E-state index contributed by atoms with van der Waals surface area (Å²) in [7, 11) is 0. The van der Waals surface area contributed by atoms with Gasteiger partial charge in [0.05, 0.1) is 6.61 Å². The number of nitrogens with one attached hydrogen (secondary N) is 1. The van der Waals surface area contributed by atoms with E-state index in [1.54, 1.807) is 0 Å². The first-order valence-electron chi connectivity index (χ1n) is 5.04. The zero-order valence-corrected chi connectivity index (χ0v) is 8.14. The van der Waals surface area contributed by atoms with Crippen LogP contribution >= 0.6 is 0 Å². The Bertz CT molecular complexity index is 203. The smallest absolute Gasteiger partial charge is 0.302 e. The summed E-state index contributed by atoms with van der Waals surface area (Å²) in [6.45, 7) is 4.50. The third-order valence-corrected chi connectivity index (χ3v) is 3.27. The highest BCUT2D eigenvalue weighted by Crippen LogP contribution is 2.49. The number of carbonyl (C=O) groups excluding carboxylic acids is 1. The zero-order valence-electron chi connectivity index (χ0n) is 8.14. The van der Waals surface area contributed by atoms with Crippen molar-refractivity contribution in [1.29, 1.82) is 0 Å². The summed E-state index contributed by atoms with van der Waals surface area (Å²) < 4.78 is 4.91. The van der Waals surface area contributed by atoms with Crippen LogP contribution in [-0.2, 0) is 9.53 Å². The molecule has 1 spiro atoms. The molecule has 74 valence electrons. The van der Waals surface area contributed by atoms with E-state index in [4.69, 9.17) is 4.74 Å². The summed E-state index contributed by atoms with van der Waals surface area (Å²) in [6.07, 6.45) is 3.73. The van der Waals surface area contributed by atoms with Gasteiger partial charge >= 0.3 is 5.97 Å². The van der Waals surface area contributed by atoms with Crippen LogP contribution in [0.15, 0.2) is 0 Å². The van der Waals surface area contributed by atoms with E-state index in [2.05, 4.69) is 5.32 Å². The Morgan fingerprint density at radius 3 is 2.69 bits per heavy atom. The Morgan fingerprint density at radius 1 is 1.54 bits per heavy atom. The van der Waals surface area contributed by atoms with Gasteiger partial charge in [-0.3, -0.25) is 4.79 Å². The third kappa shape index (κ3) is 1.85. The van der Waals surface area contributed by atoms with Crippen LogP contribution in [0.4, 0.5) is 0 Å². The van der Waals surface area contributed by atoms with E-state index in [0.717, 1.165) is 12.3 Å². The molecule has 2 rings (SSSR count). The van der Waals surface area contributed by atoms with Gasteiger partial charge in [-0.05, 0) is 30.6 Å². The van der Waals surface area contributed by atoms with Crippen molar-refractivity contribution < 1.29 is 9.53 Å². The van der Waals surface area contributed by atoms with Crippen LogP contribution in [0, 0.1) is 11.3 Å². The average Bonchev–Trinajstić information content (AvgIpc) is 1.89. The van der Waals surface area contributed by atoms with Gasteiger partial charge in [0.2, 0.25) is 0 Å². The van der Waals surface area contributed by atoms with Gasteiger partial charge in [0.1, 0.15) is 0 Å². The van der Waals surface area contributed by atoms with Crippen LogP contribution in [0.2, 0.25) is 0 Å². The van der Waals surface area contributed by atoms with Gasteiger partial charge in [-0.25, -0.2) is 0 Å². The van der Waals surface area contributed by atoms with Gasteiger partial charge in [-0.2, -0.15) is 0 Å². The fraction of sp³-hybridized carbons (Fsp3) is 0.900. The average molecular weight is 183 g/mol. The molecule has 3 nitrogen and oxygen atoms in total. The molecule has 1 N–H and O–H groups in total. The van der Waals surface area contributed by atoms with E-state index >= 15 is 0 Å². The Balaban J connectivity index is 1.56. The van der Waals surface area contributed by atoms with Crippen molar-refractivity contribution in [3.8, 4) is 0 Å². The van der Waals surface area contributed by atoms with Crippen molar-refractivity contribution in [1.82, 2.24) is 5.32 Å². The molecule has 1 saturated carbocycles. The molecule has 0 radical (unpaired) electrons. The highest BCUT2D eigenvalue weighted by Gasteiger charge is 2.47. The van der Waals surface area contributed by atoms with Gasteiger partial charge in [0, 0.05) is 20.0 Å². The Morgan fingerprint density at radius 2 is 2.23 bits per heavy atom. The van der Waals surface area contributed by atoms with Crippen molar-refractivity contribution in [2.75, 3.05) is 19.7 Å². The summed E-state index contributed by atoms with van der Waals surface area (Å²) in [5.74, 6) is 0.654. The standard InChI is InChI=1S/C10H17NO2/c1-8(12)13-3-2-9-4-10(5-9)6-11-7-10/h9,11H,2-7H2,1H3. The number of esters is 1. The summed E-state index contributed by atoms with van der Waals surface area (Å²) in [5, 5.41) is 3.31. The minimum absolute atomic E-state index is 0.153. The van der Waals surface area contributed by atoms with Gasteiger partial charge in [-0.1, -0.05) is 0 Å². The number of hydrogen-bond acceptors (Lipinski definition) is 3. The summed E-state index contributed by atoms with van der Waals surface area (Å²) >= 11 is 0. The first-order valence-corrected chi connectivity index (χ1v) is 5.04. The zero-order chi connectivity index (χ0) is 9.31. The molecule has 0 amide bonds. The molecule has 0 bridgehead atoms. The van der Waals surface area contributed by atoms with Crippen molar-refractivity contribution in [3.05, 3.63) is 0 Å². The Labute approximate surface area is 78.8 Å². The van der Waals surface area contributed by atoms with Crippen LogP contribution < -0.4 is 5.32 Å². The van der Waals surface area contributed by atoms with Gasteiger partial charge < -0.3 is 10.1 Å². The second-order valence-corrected chi connectivity index (χ2v) is 4.51. The summed E-state index contributed by atoms with van der Waals surface area (Å²) in [6, 6.07) is 0. The second kappa shape index (κ2) is 3.29. The van der Waals surface area contributed by atoms with Crippen molar-refractivity contribution in [2.45, 2.75) is 26.2 Å². The maximum absolute atomic E-state index is 10.5. The molecular formula is C10H17NO2. The van der Waals surface area contributed by atoms with Crippen molar-refractivity contribution >= 4 is 5.97 Å². The first kappa shape index (κ1) is 9.00. The fourth-order valence-corrected chi connectivity index (χ4v) is 2.51. The number of rotatable bonds is 3. The largest absolute Gasteiger partial charge is 0.466 e. The molecular weight excluding hydrogens is 166 g/mol. The van der Waals surface area contributed by atoms with Gasteiger partial charge in [-0.15, -0.1) is 0 Å². The van der Waals surface area contributed by atoms with Gasteiger partial charge in [0.15, 0.2) is 0 Å². The fourth-order valence-electron chi connectivity index (χ4n) is 2.51. The lowest BCUT2D eigenvalue weighted by Crippen LogP contribution is -2.60. The van der Waals surface area contributed by atoms with E-state index in [1.807, 2.05) is 0 Å². The Kier molecular flexibility index (Phi) is 2.28. The van der Waals surface area contributed by atoms with Crippen LogP contribution in [0.25, 0.3) is 0 Å². The number of hydrogen-bond donors (Lipinski definition) is 1. The lowest BCUT2D eigenvalue weighted by molar-refractivity contribution is -0.142. The third-order valence-electron chi connectivity index (χ3n) is 3.27. The molecule has 2 aliphatic rings. The molecule has 0 unspecified atom stereocenters. The summed E-state index contributed by atoms with van der Waals surface area (Å²) in [4.78, 5) is 10.5. The highest BCUT2D eigenvalue weighted by atomic mass is 16.5. The minimum Gasteiger partial charge on any atom is -0.466 e. The normalized spacial score (nSPS) is 25.0. The van der Waals surface area contributed by atoms with Gasteiger partial charge in [0.25, 0.3) is 0 Å². The van der Waals surface area contributed by atoms with Crippen molar-refractivity contribution in [3.63, 3.8) is 0 Å². The molecule has 0 aromatic carbocycles. The van der Waals surface area contributed by atoms with Crippen molar-refractivity contribution in [2.24, 2.45) is 11.3 Å². The maximum atomic E-state index is 10.5. The molecule has 0 aromatic rings. The molecule has 1 aliphatic heterocycles. The van der Waals surface area contributed by atoms with Crippen LogP contribution in [0.3, 0.4) is 0 Å². The SMILES string of the molecule is CC(=O)OCCC1CC2(CNC2)C1. The molecule has 3 heteroatoms.